The Bertz CT molecular complexity index is 894. The number of carbonyl (C=O) groups is 1. The summed E-state index contributed by atoms with van der Waals surface area (Å²) in [6.07, 6.45) is 1.75. The minimum atomic E-state index is -0.186. The van der Waals surface area contributed by atoms with Crippen LogP contribution in [0.15, 0.2) is 18.2 Å². The van der Waals surface area contributed by atoms with Gasteiger partial charge in [0.25, 0.3) is 5.91 Å². The van der Waals surface area contributed by atoms with Gasteiger partial charge >= 0.3 is 0 Å². The van der Waals surface area contributed by atoms with Crippen LogP contribution in [0.1, 0.15) is 34.5 Å². The summed E-state index contributed by atoms with van der Waals surface area (Å²) >= 11 is 6.38. The van der Waals surface area contributed by atoms with Gasteiger partial charge in [-0.25, -0.2) is 0 Å². The molecule has 31 heavy (non-hydrogen) atoms. The van der Waals surface area contributed by atoms with Crippen LogP contribution < -0.4 is 14.8 Å². The fourth-order valence-electron chi connectivity index (χ4n) is 3.72. The normalized spacial score (nSPS) is 15.1. The number of hydrogen-bond acceptors (Lipinski definition) is 6. The van der Waals surface area contributed by atoms with Gasteiger partial charge in [0.05, 0.1) is 25.0 Å². The van der Waals surface area contributed by atoms with Gasteiger partial charge in [-0.3, -0.25) is 14.4 Å². The number of amides is 1. The van der Waals surface area contributed by atoms with Gasteiger partial charge in [-0.2, -0.15) is 5.10 Å². The molecule has 1 saturated heterocycles. The Labute approximate surface area is 188 Å². The number of nitrogens with one attached hydrogen (secondary N) is 1. The summed E-state index contributed by atoms with van der Waals surface area (Å²) in [5, 5.41) is 7.93. The number of aromatic nitrogens is 2. The molecule has 0 aliphatic carbocycles. The summed E-state index contributed by atoms with van der Waals surface area (Å²) < 4.78 is 18.3. The van der Waals surface area contributed by atoms with E-state index in [1.54, 1.807) is 37.1 Å². The zero-order valence-corrected chi connectivity index (χ0v) is 19.4. The van der Waals surface area contributed by atoms with E-state index in [2.05, 4.69) is 15.3 Å². The number of benzene rings is 1. The van der Waals surface area contributed by atoms with Crippen molar-refractivity contribution in [1.29, 1.82) is 0 Å². The Hall–Kier alpha value is -2.29. The second kappa shape index (κ2) is 10.8. The second-order valence-corrected chi connectivity index (χ2v) is 8.04. The lowest BCUT2D eigenvalue weighted by atomic mass is 10.1. The number of hydrogen-bond donors (Lipinski definition) is 1. The average molecular weight is 451 g/mol. The molecule has 1 aliphatic rings. The van der Waals surface area contributed by atoms with Gasteiger partial charge in [-0.15, -0.1) is 0 Å². The fourth-order valence-corrected chi connectivity index (χ4v) is 3.95. The largest absolute Gasteiger partial charge is 0.497 e. The highest BCUT2D eigenvalue weighted by atomic mass is 35.5. The monoisotopic (exact) mass is 450 g/mol. The molecular formula is C22H31ClN4O4. The summed E-state index contributed by atoms with van der Waals surface area (Å²) in [6.45, 7) is 5.42. The SMILES string of the molecule is COCCNC(=O)c1ccc(OC)cc1OC1CCN(Cc2c(C)nn(C)c2Cl)CC1. The molecule has 1 aromatic carbocycles. The first-order chi connectivity index (χ1) is 14.9. The number of likely N-dealkylation sites (tertiary alicyclic amines) is 1. The molecule has 3 rings (SSSR count). The van der Waals surface area contributed by atoms with Crippen LogP contribution in [0, 0.1) is 6.92 Å². The molecule has 8 nitrogen and oxygen atoms in total. The lowest BCUT2D eigenvalue weighted by molar-refractivity contribution is 0.0881. The Morgan fingerprint density at radius 3 is 2.65 bits per heavy atom. The van der Waals surface area contributed by atoms with Crippen molar-refractivity contribution >= 4 is 17.5 Å². The van der Waals surface area contributed by atoms with E-state index >= 15 is 0 Å². The van der Waals surface area contributed by atoms with E-state index in [1.807, 2.05) is 14.0 Å². The van der Waals surface area contributed by atoms with E-state index in [9.17, 15) is 4.79 Å². The average Bonchev–Trinajstić information content (AvgIpc) is 3.01. The van der Waals surface area contributed by atoms with Gasteiger partial charge in [-0.1, -0.05) is 11.6 Å². The van der Waals surface area contributed by atoms with Gasteiger partial charge in [0.1, 0.15) is 22.8 Å². The first-order valence-electron chi connectivity index (χ1n) is 10.4. The zero-order chi connectivity index (χ0) is 22.4. The van der Waals surface area contributed by atoms with Gasteiger partial charge in [0.15, 0.2) is 0 Å². The molecule has 170 valence electrons. The Morgan fingerprint density at radius 1 is 1.29 bits per heavy atom. The van der Waals surface area contributed by atoms with Crippen molar-refractivity contribution < 1.29 is 19.0 Å². The highest BCUT2D eigenvalue weighted by Crippen LogP contribution is 2.29. The molecule has 1 fully saturated rings. The summed E-state index contributed by atoms with van der Waals surface area (Å²) in [6, 6.07) is 5.27. The highest BCUT2D eigenvalue weighted by Gasteiger charge is 2.24. The molecule has 0 bridgehead atoms. The van der Waals surface area contributed by atoms with Crippen LogP contribution in [0.3, 0.4) is 0 Å². The van der Waals surface area contributed by atoms with E-state index in [0.29, 0.717) is 35.4 Å². The number of rotatable bonds is 9. The summed E-state index contributed by atoms with van der Waals surface area (Å²) in [4.78, 5) is 14.9. The van der Waals surface area contributed by atoms with E-state index in [1.165, 1.54) is 0 Å². The van der Waals surface area contributed by atoms with E-state index < -0.39 is 0 Å². The molecule has 1 aliphatic heterocycles. The maximum atomic E-state index is 12.6. The molecule has 0 unspecified atom stereocenters. The van der Waals surface area contributed by atoms with E-state index in [4.69, 9.17) is 25.8 Å². The molecular weight excluding hydrogens is 420 g/mol. The van der Waals surface area contributed by atoms with Crippen molar-refractivity contribution in [2.45, 2.75) is 32.4 Å². The molecule has 1 aromatic heterocycles. The van der Waals surface area contributed by atoms with E-state index in [0.717, 1.165) is 43.7 Å². The minimum Gasteiger partial charge on any atom is -0.497 e. The van der Waals surface area contributed by atoms with Crippen LogP contribution in [0.25, 0.3) is 0 Å². The fraction of sp³-hybridized carbons (Fsp3) is 0.545. The number of nitrogens with zero attached hydrogens (tertiary/aromatic N) is 3. The first-order valence-corrected chi connectivity index (χ1v) is 10.8. The van der Waals surface area contributed by atoms with Crippen LogP contribution in [-0.2, 0) is 18.3 Å². The van der Waals surface area contributed by atoms with Gasteiger partial charge in [0, 0.05) is 52.0 Å². The zero-order valence-electron chi connectivity index (χ0n) is 18.6. The summed E-state index contributed by atoms with van der Waals surface area (Å²) in [5.74, 6) is 1.01. The maximum absolute atomic E-state index is 12.6. The van der Waals surface area contributed by atoms with Crippen molar-refractivity contribution in [3.8, 4) is 11.5 Å². The van der Waals surface area contributed by atoms with Gasteiger partial charge in [-0.05, 0) is 31.9 Å². The van der Waals surface area contributed by atoms with Crippen molar-refractivity contribution in [2.75, 3.05) is 40.5 Å². The molecule has 0 spiro atoms. The molecule has 0 saturated carbocycles. The van der Waals surface area contributed by atoms with Crippen molar-refractivity contribution in [1.82, 2.24) is 20.0 Å². The number of carbonyl (C=O) groups excluding carboxylic acids is 1. The Balaban J connectivity index is 1.62. The topological polar surface area (TPSA) is 77.9 Å². The number of aryl methyl sites for hydroxylation is 2. The molecule has 1 N–H and O–H groups in total. The van der Waals surface area contributed by atoms with Crippen molar-refractivity contribution in [3.63, 3.8) is 0 Å². The molecule has 9 heteroatoms. The number of halogens is 1. The summed E-state index contributed by atoms with van der Waals surface area (Å²) in [5.41, 5.74) is 2.54. The third kappa shape index (κ3) is 5.90. The predicted octanol–water partition coefficient (Wildman–Crippen LogP) is 2.81. The van der Waals surface area contributed by atoms with E-state index in [-0.39, 0.29) is 12.0 Å². The third-order valence-corrected chi connectivity index (χ3v) is 5.98. The van der Waals surface area contributed by atoms with Crippen LogP contribution >= 0.6 is 11.6 Å². The third-order valence-electron chi connectivity index (χ3n) is 5.50. The maximum Gasteiger partial charge on any atom is 0.255 e. The van der Waals surface area contributed by atoms with Crippen LogP contribution in [0.4, 0.5) is 0 Å². The molecule has 0 atom stereocenters. The quantitative estimate of drug-likeness (QED) is 0.592. The second-order valence-electron chi connectivity index (χ2n) is 7.68. The van der Waals surface area contributed by atoms with Crippen molar-refractivity contribution in [2.24, 2.45) is 7.05 Å². The number of piperidine rings is 1. The summed E-state index contributed by atoms with van der Waals surface area (Å²) in [7, 11) is 5.06. The lowest BCUT2D eigenvalue weighted by Crippen LogP contribution is -2.38. The van der Waals surface area contributed by atoms with Crippen LogP contribution in [0.2, 0.25) is 5.15 Å². The van der Waals surface area contributed by atoms with Crippen LogP contribution in [0.5, 0.6) is 11.5 Å². The van der Waals surface area contributed by atoms with Gasteiger partial charge < -0.3 is 19.5 Å². The molecule has 1 amide bonds. The minimum absolute atomic E-state index is 0.0272. The standard InChI is InChI=1S/C22H31ClN4O4/c1-15-19(21(23)26(2)25-15)14-27-10-7-16(8-11-27)31-20-13-17(30-4)5-6-18(20)22(28)24-9-12-29-3/h5-6,13,16H,7-12,14H2,1-4H3,(H,24,28). The Morgan fingerprint density at radius 2 is 2.03 bits per heavy atom. The van der Waals surface area contributed by atoms with Crippen LogP contribution in [-0.4, -0.2) is 67.2 Å². The van der Waals surface area contributed by atoms with Gasteiger partial charge in [0.2, 0.25) is 0 Å². The number of ether oxygens (including phenoxy) is 3. The highest BCUT2D eigenvalue weighted by molar-refractivity contribution is 6.30. The smallest absolute Gasteiger partial charge is 0.255 e. The number of methoxy groups -OCH3 is 2. The molecule has 0 radical (unpaired) electrons. The molecule has 2 heterocycles. The Kier molecular flexibility index (Phi) is 8.17. The van der Waals surface area contributed by atoms with Crippen molar-refractivity contribution in [3.05, 3.63) is 40.2 Å². The predicted molar refractivity (Wildman–Crippen MR) is 119 cm³/mol. The molecule has 2 aromatic rings. The lowest BCUT2D eigenvalue weighted by Gasteiger charge is -2.32. The first kappa shape index (κ1) is 23.4.